The van der Waals surface area contributed by atoms with Crippen molar-refractivity contribution in [1.29, 1.82) is 0 Å². The predicted molar refractivity (Wildman–Crippen MR) is 99.2 cm³/mol. The number of hydrogen-bond acceptors (Lipinski definition) is 4. The summed E-state index contributed by atoms with van der Waals surface area (Å²) in [4.78, 5) is 11.5. The lowest BCUT2D eigenvalue weighted by molar-refractivity contribution is 0.324. The molecule has 1 aliphatic heterocycles. The molecule has 0 aromatic carbocycles. The molecule has 0 spiro atoms. The zero-order valence-corrected chi connectivity index (χ0v) is 15.7. The van der Waals surface area contributed by atoms with Crippen LogP contribution in [0.3, 0.4) is 0 Å². The SMILES string of the molecule is CCCN1CCC(CNC(=NC)NCc2nc(C(C)C)cs2)C1. The molecule has 5 nitrogen and oxygen atoms in total. The number of nitrogens with one attached hydrogen (secondary N) is 2. The average molecular weight is 338 g/mol. The van der Waals surface area contributed by atoms with E-state index in [0.717, 1.165) is 30.0 Å². The van der Waals surface area contributed by atoms with E-state index in [1.807, 2.05) is 7.05 Å². The number of thiazole rings is 1. The third-order valence-electron chi connectivity index (χ3n) is 4.26. The molecule has 1 aliphatic rings. The lowest BCUT2D eigenvalue weighted by Crippen LogP contribution is -2.39. The molecule has 0 saturated carbocycles. The summed E-state index contributed by atoms with van der Waals surface area (Å²) in [6.45, 7) is 12.0. The van der Waals surface area contributed by atoms with Crippen molar-refractivity contribution in [3.05, 3.63) is 16.1 Å². The number of hydrogen-bond donors (Lipinski definition) is 2. The van der Waals surface area contributed by atoms with Gasteiger partial charge in [-0.3, -0.25) is 4.99 Å². The minimum atomic E-state index is 0.492. The second-order valence-corrected chi connectivity index (χ2v) is 7.53. The number of guanidine groups is 1. The summed E-state index contributed by atoms with van der Waals surface area (Å²) < 4.78 is 0. The maximum atomic E-state index is 4.65. The third-order valence-corrected chi connectivity index (χ3v) is 5.13. The first-order chi connectivity index (χ1) is 11.1. The summed E-state index contributed by atoms with van der Waals surface area (Å²) in [7, 11) is 1.83. The van der Waals surface area contributed by atoms with Crippen LogP contribution in [0.2, 0.25) is 0 Å². The summed E-state index contributed by atoms with van der Waals surface area (Å²) in [5.41, 5.74) is 1.18. The van der Waals surface area contributed by atoms with Crippen LogP contribution in [0.15, 0.2) is 10.4 Å². The minimum absolute atomic E-state index is 0.492. The summed E-state index contributed by atoms with van der Waals surface area (Å²) in [6.07, 6.45) is 2.53. The number of aliphatic imine (C=N–C) groups is 1. The molecule has 1 atom stereocenters. The summed E-state index contributed by atoms with van der Waals surface area (Å²) >= 11 is 1.72. The lowest BCUT2D eigenvalue weighted by Gasteiger charge is -2.16. The second-order valence-electron chi connectivity index (χ2n) is 6.58. The van der Waals surface area contributed by atoms with Gasteiger partial charge in [0.15, 0.2) is 5.96 Å². The number of aromatic nitrogens is 1. The summed E-state index contributed by atoms with van der Waals surface area (Å²) in [5.74, 6) is 2.10. The fourth-order valence-electron chi connectivity index (χ4n) is 2.89. The molecule has 2 heterocycles. The van der Waals surface area contributed by atoms with Gasteiger partial charge in [0.05, 0.1) is 12.2 Å². The fourth-order valence-corrected chi connectivity index (χ4v) is 3.79. The molecule has 0 aliphatic carbocycles. The van der Waals surface area contributed by atoms with Crippen LogP contribution < -0.4 is 10.6 Å². The Labute approximate surface area is 144 Å². The van der Waals surface area contributed by atoms with Gasteiger partial charge < -0.3 is 15.5 Å². The van der Waals surface area contributed by atoms with Crippen LogP contribution in [0, 0.1) is 5.92 Å². The molecule has 1 saturated heterocycles. The Balaban J connectivity index is 1.71. The van der Waals surface area contributed by atoms with Crippen molar-refractivity contribution in [3.8, 4) is 0 Å². The van der Waals surface area contributed by atoms with Crippen molar-refractivity contribution in [1.82, 2.24) is 20.5 Å². The van der Waals surface area contributed by atoms with E-state index < -0.39 is 0 Å². The van der Waals surface area contributed by atoms with Gasteiger partial charge in [0.2, 0.25) is 0 Å². The topological polar surface area (TPSA) is 52.5 Å². The van der Waals surface area contributed by atoms with Crippen LogP contribution >= 0.6 is 11.3 Å². The molecule has 2 N–H and O–H groups in total. The van der Waals surface area contributed by atoms with Gasteiger partial charge in [0, 0.05) is 25.5 Å². The van der Waals surface area contributed by atoms with Crippen LogP contribution in [-0.2, 0) is 6.54 Å². The van der Waals surface area contributed by atoms with Gasteiger partial charge in [-0.25, -0.2) is 4.98 Å². The van der Waals surface area contributed by atoms with E-state index in [0.29, 0.717) is 5.92 Å². The number of likely N-dealkylation sites (tertiary alicyclic amines) is 1. The van der Waals surface area contributed by atoms with E-state index >= 15 is 0 Å². The zero-order valence-electron chi connectivity index (χ0n) is 14.9. The Bertz CT molecular complexity index is 497. The van der Waals surface area contributed by atoms with Crippen LogP contribution in [0.25, 0.3) is 0 Å². The molecular formula is C17H31N5S. The predicted octanol–water partition coefficient (Wildman–Crippen LogP) is 2.66. The first-order valence-electron chi connectivity index (χ1n) is 8.73. The standard InChI is InChI=1S/C17H31N5S/c1-5-7-22-8-6-14(11-22)9-19-17(18-4)20-10-16-21-15(12-23-16)13(2)3/h12-14H,5-11H2,1-4H3,(H2,18,19,20). The molecule has 1 aromatic rings. The molecule has 0 radical (unpaired) electrons. The highest BCUT2D eigenvalue weighted by atomic mass is 32.1. The van der Waals surface area contributed by atoms with Crippen LogP contribution in [-0.4, -0.2) is 49.1 Å². The van der Waals surface area contributed by atoms with E-state index in [4.69, 9.17) is 0 Å². The van der Waals surface area contributed by atoms with Crippen molar-refractivity contribution >= 4 is 17.3 Å². The molecular weight excluding hydrogens is 306 g/mol. The summed E-state index contributed by atoms with van der Waals surface area (Å²) in [5, 5.41) is 10.1. The van der Waals surface area contributed by atoms with Gasteiger partial charge in [-0.2, -0.15) is 0 Å². The smallest absolute Gasteiger partial charge is 0.191 e. The second kappa shape index (κ2) is 9.23. The highest BCUT2D eigenvalue weighted by Gasteiger charge is 2.21. The molecule has 130 valence electrons. The van der Waals surface area contributed by atoms with Crippen molar-refractivity contribution < 1.29 is 0 Å². The molecule has 23 heavy (non-hydrogen) atoms. The van der Waals surface area contributed by atoms with Gasteiger partial charge in [0.1, 0.15) is 5.01 Å². The molecule has 1 unspecified atom stereocenters. The van der Waals surface area contributed by atoms with E-state index in [1.54, 1.807) is 11.3 Å². The number of nitrogens with zero attached hydrogens (tertiary/aromatic N) is 3. The molecule has 2 rings (SSSR count). The highest BCUT2D eigenvalue weighted by Crippen LogP contribution is 2.17. The van der Waals surface area contributed by atoms with Crippen molar-refractivity contribution in [2.24, 2.45) is 10.9 Å². The van der Waals surface area contributed by atoms with Gasteiger partial charge in [-0.15, -0.1) is 11.3 Å². The van der Waals surface area contributed by atoms with Gasteiger partial charge in [-0.05, 0) is 37.8 Å². The Morgan fingerprint density at radius 1 is 1.48 bits per heavy atom. The van der Waals surface area contributed by atoms with Crippen LogP contribution in [0.1, 0.15) is 50.2 Å². The van der Waals surface area contributed by atoms with Gasteiger partial charge in [0.25, 0.3) is 0 Å². The van der Waals surface area contributed by atoms with Crippen LogP contribution in [0.5, 0.6) is 0 Å². The minimum Gasteiger partial charge on any atom is -0.356 e. The lowest BCUT2D eigenvalue weighted by atomic mass is 10.1. The highest BCUT2D eigenvalue weighted by molar-refractivity contribution is 7.09. The first kappa shape index (κ1) is 18.2. The van der Waals surface area contributed by atoms with Gasteiger partial charge >= 0.3 is 0 Å². The molecule has 1 fully saturated rings. The first-order valence-corrected chi connectivity index (χ1v) is 9.61. The average Bonchev–Trinajstić information content (AvgIpc) is 3.17. The van der Waals surface area contributed by atoms with E-state index in [-0.39, 0.29) is 0 Å². The van der Waals surface area contributed by atoms with Crippen molar-refractivity contribution in [2.45, 2.75) is 46.1 Å². The molecule has 6 heteroatoms. The summed E-state index contributed by atoms with van der Waals surface area (Å²) in [6, 6.07) is 0. The Morgan fingerprint density at radius 3 is 2.96 bits per heavy atom. The maximum absolute atomic E-state index is 4.65. The Hall–Kier alpha value is -1.14. The van der Waals surface area contributed by atoms with Gasteiger partial charge in [-0.1, -0.05) is 20.8 Å². The van der Waals surface area contributed by atoms with Crippen LogP contribution in [0.4, 0.5) is 0 Å². The maximum Gasteiger partial charge on any atom is 0.191 e. The van der Waals surface area contributed by atoms with E-state index in [1.165, 1.54) is 38.2 Å². The van der Waals surface area contributed by atoms with Crippen molar-refractivity contribution in [3.63, 3.8) is 0 Å². The largest absolute Gasteiger partial charge is 0.356 e. The fraction of sp³-hybridized carbons (Fsp3) is 0.765. The number of rotatable bonds is 7. The normalized spacial score (nSPS) is 19.5. The van der Waals surface area contributed by atoms with Crippen molar-refractivity contribution in [2.75, 3.05) is 33.2 Å². The van der Waals surface area contributed by atoms with E-state index in [9.17, 15) is 0 Å². The molecule has 0 amide bonds. The third kappa shape index (κ3) is 5.77. The molecule has 1 aromatic heterocycles. The Kier molecular flexibility index (Phi) is 7.30. The monoisotopic (exact) mass is 337 g/mol. The molecule has 0 bridgehead atoms. The Morgan fingerprint density at radius 2 is 2.30 bits per heavy atom. The van der Waals surface area contributed by atoms with E-state index in [2.05, 4.69) is 51.7 Å². The quantitative estimate of drug-likeness (QED) is 0.593. The zero-order chi connectivity index (χ0) is 16.7.